The first-order chi connectivity index (χ1) is 6.04. The van der Waals surface area contributed by atoms with Crippen LogP contribution < -0.4 is 16.6 Å². The van der Waals surface area contributed by atoms with Crippen LogP contribution in [0.5, 0.6) is 0 Å². The van der Waals surface area contributed by atoms with Crippen LogP contribution in [0.4, 0.5) is 4.79 Å². The molecule has 0 amide bonds. The molecule has 13 heavy (non-hydrogen) atoms. The molecule has 0 bridgehead atoms. The molecule has 0 aliphatic carbocycles. The summed E-state index contributed by atoms with van der Waals surface area (Å²) in [5.41, 5.74) is 2.24. The molecular formula is C5H12N4O3S. The van der Waals surface area contributed by atoms with Gasteiger partial charge in [-0.3, -0.25) is 0 Å². The topological polar surface area (TPSA) is 120 Å². The van der Waals surface area contributed by atoms with Gasteiger partial charge in [-0.15, -0.1) is 0 Å². The van der Waals surface area contributed by atoms with Gasteiger partial charge in [-0.05, 0) is 19.1 Å². The number of nitrogens with one attached hydrogen (secondary N) is 2. The Balaban J connectivity index is 0. The molecule has 0 unspecified atom stereocenters. The predicted octanol–water partition coefficient (Wildman–Crippen LogP) is -0.405. The SMILES string of the molecule is CCNC(=S)N=CNN.O=C(O)O. The van der Waals surface area contributed by atoms with E-state index in [1.54, 1.807) is 0 Å². The smallest absolute Gasteiger partial charge is 0.450 e. The van der Waals surface area contributed by atoms with Gasteiger partial charge in [0.25, 0.3) is 0 Å². The van der Waals surface area contributed by atoms with E-state index in [2.05, 4.69) is 15.7 Å². The zero-order valence-electron chi connectivity index (χ0n) is 7.02. The summed E-state index contributed by atoms with van der Waals surface area (Å²) in [4.78, 5) is 12.2. The quantitative estimate of drug-likeness (QED) is 0.138. The summed E-state index contributed by atoms with van der Waals surface area (Å²) < 4.78 is 0. The molecule has 0 radical (unpaired) electrons. The number of rotatable bonds is 2. The summed E-state index contributed by atoms with van der Waals surface area (Å²) in [7, 11) is 0. The van der Waals surface area contributed by atoms with E-state index >= 15 is 0 Å². The van der Waals surface area contributed by atoms with Crippen molar-refractivity contribution < 1.29 is 15.0 Å². The Labute approximate surface area is 80.6 Å². The summed E-state index contributed by atoms with van der Waals surface area (Å²) in [5, 5.41) is 17.2. The van der Waals surface area contributed by atoms with Crippen LogP contribution in [0, 0.1) is 0 Å². The predicted molar refractivity (Wildman–Crippen MR) is 52.7 cm³/mol. The van der Waals surface area contributed by atoms with Gasteiger partial charge in [0.1, 0.15) is 6.34 Å². The first-order valence-electron chi connectivity index (χ1n) is 3.23. The lowest BCUT2D eigenvalue weighted by Crippen LogP contribution is -2.23. The molecule has 76 valence electrons. The third-order valence-corrected chi connectivity index (χ3v) is 0.834. The van der Waals surface area contributed by atoms with Crippen molar-refractivity contribution >= 4 is 29.8 Å². The van der Waals surface area contributed by atoms with Crippen molar-refractivity contribution in [3.8, 4) is 0 Å². The maximum absolute atomic E-state index is 8.56. The number of carbonyl (C=O) groups is 1. The minimum atomic E-state index is -1.83. The molecule has 0 saturated carbocycles. The molecule has 6 N–H and O–H groups in total. The van der Waals surface area contributed by atoms with Gasteiger partial charge in [0.05, 0.1) is 0 Å². The van der Waals surface area contributed by atoms with Crippen molar-refractivity contribution in [2.45, 2.75) is 6.92 Å². The van der Waals surface area contributed by atoms with Gasteiger partial charge in [0.2, 0.25) is 0 Å². The molecule has 0 saturated heterocycles. The second-order valence-electron chi connectivity index (χ2n) is 1.54. The van der Waals surface area contributed by atoms with Gasteiger partial charge in [0.15, 0.2) is 5.11 Å². The largest absolute Gasteiger partial charge is 0.503 e. The number of hydrazine groups is 1. The summed E-state index contributed by atoms with van der Waals surface area (Å²) in [6.45, 7) is 2.72. The maximum atomic E-state index is 8.56. The van der Waals surface area contributed by atoms with Crippen molar-refractivity contribution in [1.82, 2.24) is 10.7 Å². The van der Waals surface area contributed by atoms with Crippen molar-refractivity contribution in [2.75, 3.05) is 6.54 Å². The minimum Gasteiger partial charge on any atom is -0.450 e. The zero-order chi connectivity index (χ0) is 10.7. The van der Waals surface area contributed by atoms with E-state index in [-0.39, 0.29) is 0 Å². The highest BCUT2D eigenvalue weighted by atomic mass is 32.1. The van der Waals surface area contributed by atoms with Crippen LogP contribution in [-0.2, 0) is 0 Å². The Hall–Kier alpha value is -1.41. The van der Waals surface area contributed by atoms with Gasteiger partial charge >= 0.3 is 6.16 Å². The number of thiocarbonyl (C=S) groups is 1. The van der Waals surface area contributed by atoms with Gasteiger partial charge in [-0.25, -0.2) is 15.6 Å². The minimum absolute atomic E-state index is 0.440. The monoisotopic (exact) mass is 208 g/mol. The Bertz CT molecular complexity index is 181. The van der Waals surface area contributed by atoms with Crippen molar-refractivity contribution in [1.29, 1.82) is 0 Å². The molecule has 0 rings (SSSR count). The van der Waals surface area contributed by atoms with Crippen LogP contribution in [0.2, 0.25) is 0 Å². The van der Waals surface area contributed by atoms with Gasteiger partial charge in [0, 0.05) is 6.54 Å². The summed E-state index contributed by atoms with van der Waals surface area (Å²) in [6, 6.07) is 0. The van der Waals surface area contributed by atoms with E-state index in [9.17, 15) is 0 Å². The molecule has 8 heteroatoms. The van der Waals surface area contributed by atoms with Gasteiger partial charge in [-0.2, -0.15) is 0 Å². The summed E-state index contributed by atoms with van der Waals surface area (Å²) in [5.74, 6) is 4.89. The average molecular weight is 208 g/mol. The van der Waals surface area contributed by atoms with E-state index in [4.69, 9.17) is 33.1 Å². The molecule has 7 nitrogen and oxygen atoms in total. The van der Waals surface area contributed by atoms with Gasteiger partial charge in [-0.1, -0.05) is 0 Å². The van der Waals surface area contributed by atoms with Crippen molar-refractivity contribution in [2.24, 2.45) is 10.8 Å². The van der Waals surface area contributed by atoms with Crippen LogP contribution in [0.25, 0.3) is 0 Å². The Kier molecular flexibility index (Phi) is 11.5. The number of hydrogen-bond donors (Lipinski definition) is 5. The van der Waals surface area contributed by atoms with Crippen LogP contribution in [0.1, 0.15) is 6.92 Å². The summed E-state index contributed by atoms with van der Waals surface area (Å²) in [6.07, 6.45) is -0.509. The Morgan fingerprint density at radius 2 is 2.15 bits per heavy atom. The van der Waals surface area contributed by atoms with Crippen LogP contribution in [-0.4, -0.2) is 34.4 Å². The van der Waals surface area contributed by atoms with Crippen molar-refractivity contribution in [3.05, 3.63) is 0 Å². The highest BCUT2D eigenvalue weighted by Crippen LogP contribution is 1.69. The standard InChI is InChI=1S/C4H10N4S.CH2O3/c1-2-6-4(9)7-3-8-5;2-1(3)4/h3H,2,5H2,1H3,(H2,6,7,8,9);(H2,2,3,4). The molecule has 0 aromatic rings. The van der Waals surface area contributed by atoms with E-state index < -0.39 is 6.16 Å². The second-order valence-corrected chi connectivity index (χ2v) is 1.93. The first-order valence-corrected chi connectivity index (χ1v) is 3.63. The fourth-order valence-corrected chi connectivity index (χ4v) is 0.490. The number of nitrogens with zero attached hydrogens (tertiary/aromatic N) is 1. The highest BCUT2D eigenvalue weighted by Gasteiger charge is 1.82. The average Bonchev–Trinajstić information content (AvgIpc) is 2.00. The van der Waals surface area contributed by atoms with E-state index in [1.165, 1.54) is 6.34 Å². The fraction of sp³-hybridized carbons (Fsp3) is 0.400. The summed E-state index contributed by atoms with van der Waals surface area (Å²) >= 11 is 4.71. The molecule has 0 heterocycles. The lowest BCUT2D eigenvalue weighted by atomic mass is 10.7. The maximum Gasteiger partial charge on any atom is 0.503 e. The third-order valence-electron chi connectivity index (χ3n) is 0.584. The number of carboxylic acid groups (broad SMARTS) is 2. The number of hydrogen-bond acceptors (Lipinski definition) is 3. The molecular weight excluding hydrogens is 196 g/mol. The van der Waals surface area contributed by atoms with E-state index in [0.717, 1.165) is 6.54 Å². The third kappa shape index (κ3) is 25.0. The van der Waals surface area contributed by atoms with E-state index in [1.807, 2.05) is 6.92 Å². The lowest BCUT2D eigenvalue weighted by Gasteiger charge is -1.95. The Morgan fingerprint density at radius 3 is 2.46 bits per heavy atom. The first kappa shape index (κ1) is 14.1. The number of aliphatic imine (C=N–C) groups is 1. The molecule has 0 aromatic carbocycles. The fourth-order valence-electron chi connectivity index (χ4n) is 0.293. The zero-order valence-corrected chi connectivity index (χ0v) is 7.84. The van der Waals surface area contributed by atoms with Crippen molar-refractivity contribution in [3.63, 3.8) is 0 Å². The number of nitrogens with two attached hydrogens (primary N) is 1. The molecule has 0 fully saturated rings. The molecule has 0 aromatic heterocycles. The molecule has 0 atom stereocenters. The second kappa shape index (κ2) is 10.6. The normalized spacial score (nSPS) is 8.46. The Morgan fingerprint density at radius 1 is 1.69 bits per heavy atom. The molecule has 0 aliphatic heterocycles. The van der Waals surface area contributed by atoms with Gasteiger partial charge < -0.3 is 21.0 Å². The van der Waals surface area contributed by atoms with Crippen LogP contribution >= 0.6 is 12.2 Å². The highest BCUT2D eigenvalue weighted by molar-refractivity contribution is 7.80. The van der Waals surface area contributed by atoms with Crippen LogP contribution in [0.15, 0.2) is 4.99 Å². The molecule has 0 spiro atoms. The van der Waals surface area contributed by atoms with Crippen LogP contribution in [0.3, 0.4) is 0 Å². The molecule has 0 aliphatic rings. The lowest BCUT2D eigenvalue weighted by molar-refractivity contribution is 0.137. The van der Waals surface area contributed by atoms with E-state index in [0.29, 0.717) is 5.11 Å².